The summed E-state index contributed by atoms with van der Waals surface area (Å²) in [6.07, 6.45) is 1.98. The molecule has 5 heteroatoms. The van der Waals surface area contributed by atoms with Crippen molar-refractivity contribution in [2.75, 3.05) is 18.6 Å². The maximum absolute atomic E-state index is 11.4. The Hall–Kier alpha value is 0.0700. The first-order valence-corrected chi connectivity index (χ1v) is 6.21. The lowest BCUT2D eigenvalue weighted by Crippen LogP contribution is -2.33. The minimum atomic E-state index is -0.448. The summed E-state index contributed by atoms with van der Waals surface area (Å²) < 4.78 is 5.11. The summed E-state index contributed by atoms with van der Waals surface area (Å²) in [6.45, 7) is 5.80. The second kappa shape index (κ2) is 6.53. The third-order valence-electron chi connectivity index (χ3n) is 1.55. The number of thioether (sulfide) groups is 1. The molecule has 0 aliphatic heterocycles. The number of nitrogens with one attached hydrogen (secondary N) is 1. The van der Waals surface area contributed by atoms with Crippen LogP contribution in [-0.4, -0.2) is 30.6 Å². The molecular weight excluding hydrogens is 222 g/mol. The topological polar surface area (TPSA) is 38.3 Å². The van der Waals surface area contributed by atoms with E-state index in [2.05, 4.69) is 4.84 Å². The maximum atomic E-state index is 11.4. The molecule has 0 aliphatic rings. The van der Waals surface area contributed by atoms with Crippen LogP contribution in [0.4, 0.5) is 0 Å². The van der Waals surface area contributed by atoms with Crippen molar-refractivity contribution in [1.82, 2.24) is 4.84 Å². The predicted molar refractivity (Wildman–Crippen MR) is 61.6 cm³/mol. The lowest BCUT2D eigenvalue weighted by molar-refractivity contribution is -0.153. The molecule has 0 saturated carbocycles. The van der Waals surface area contributed by atoms with Crippen LogP contribution in [0, 0.1) is 5.41 Å². The van der Waals surface area contributed by atoms with E-state index in [-0.39, 0.29) is 12.0 Å². The van der Waals surface area contributed by atoms with Gasteiger partial charge in [-0.05, 0) is 38.8 Å². The molecule has 3 nitrogen and oxygen atoms in total. The summed E-state index contributed by atoms with van der Waals surface area (Å²) >= 11 is 7.14. The van der Waals surface area contributed by atoms with Crippen molar-refractivity contribution in [2.45, 2.75) is 26.8 Å². The number of hydrogen-bond donors (Lipinski definition) is 1. The lowest BCUT2D eigenvalue weighted by Gasteiger charge is -2.19. The standard InChI is InChI=1S/C9H18ClNO2S/c1-9(2,3)8(12)13-5-7(11-10)6-14-4/h7,11H,5-6H2,1-4H3/t7-/m1/s1. The van der Waals surface area contributed by atoms with Crippen molar-refractivity contribution in [3.63, 3.8) is 0 Å². The molecule has 0 heterocycles. The zero-order chi connectivity index (χ0) is 11.2. The minimum absolute atomic E-state index is 0.0120. The fraction of sp³-hybridized carbons (Fsp3) is 0.889. The van der Waals surface area contributed by atoms with Gasteiger partial charge in [0.2, 0.25) is 0 Å². The van der Waals surface area contributed by atoms with Crippen LogP contribution < -0.4 is 4.84 Å². The van der Waals surface area contributed by atoms with Crippen LogP contribution in [0.1, 0.15) is 20.8 Å². The van der Waals surface area contributed by atoms with Gasteiger partial charge in [0.05, 0.1) is 11.5 Å². The SMILES string of the molecule is CSC[C@@H](COC(=O)C(C)(C)C)NCl. The fourth-order valence-corrected chi connectivity index (χ4v) is 1.52. The van der Waals surface area contributed by atoms with Gasteiger partial charge in [-0.25, -0.2) is 4.84 Å². The van der Waals surface area contributed by atoms with Crippen LogP contribution in [0.15, 0.2) is 0 Å². The Bertz CT molecular complexity index is 182. The molecule has 84 valence electrons. The summed E-state index contributed by atoms with van der Waals surface area (Å²) in [5.41, 5.74) is -0.448. The Morgan fingerprint density at radius 3 is 2.50 bits per heavy atom. The third-order valence-corrected chi connectivity index (χ3v) is 2.59. The van der Waals surface area contributed by atoms with Gasteiger partial charge < -0.3 is 4.74 Å². The van der Waals surface area contributed by atoms with Gasteiger partial charge in [0, 0.05) is 5.75 Å². The van der Waals surface area contributed by atoms with E-state index in [0.717, 1.165) is 5.75 Å². The van der Waals surface area contributed by atoms with E-state index in [0.29, 0.717) is 6.61 Å². The third kappa shape index (κ3) is 5.73. The summed E-state index contributed by atoms with van der Waals surface area (Å²) in [4.78, 5) is 14.0. The molecule has 0 bridgehead atoms. The van der Waals surface area contributed by atoms with E-state index < -0.39 is 5.41 Å². The van der Waals surface area contributed by atoms with Gasteiger partial charge in [0.15, 0.2) is 0 Å². The highest BCUT2D eigenvalue weighted by atomic mass is 35.5. The maximum Gasteiger partial charge on any atom is 0.311 e. The average Bonchev–Trinajstić information content (AvgIpc) is 2.10. The Kier molecular flexibility index (Phi) is 6.57. The Labute approximate surface area is 95.0 Å². The summed E-state index contributed by atoms with van der Waals surface area (Å²) in [6, 6.07) is 0.0120. The number of carbonyl (C=O) groups excluding carboxylic acids is 1. The summed E-state index contributed by atoms with van der Waals surface area (Å²) in [5.74, 6) is 0.622. The number of halogens is 1. The van der Waals surface area contributed by atoms with Gasteiger partial charge in [0.25, 0.3) is 0 Å². The first-order valence-electron chi connectivity index (χ1n) is 4.44. The average molecular weight is 240 g/mol. The van der Waals surface area contributed by atoms with Crippen molar-refractivity contribution >= 4 is 29.5 Å². The van der Waals surface area contributed by atoms with E-state index in [9.17, 15) is 4.79 Å². The summed E-state index contributed by atoms with van der Waals surface area (Å²) in [7, 11) is 0. The largest absolute Gasteiger partial charge is 0.464 e. The number of esters is 1. The van der Waals surface area contributed by atoms with E-state index in [4.69, 9.17) is 16.5 Å². The van der Waals surface area contributed by atoms with Crippen molar-refractivity contribution in [1.29, 1.82) is 0 Å². The Balaban J connectivity index is 3.85. The van der Waals surface area contributed by atoms with Gasteiger partial charge in [-0.3, -0.25) is 4.79 Å². The van der Waals surface area contributed by atoms with Crippen LogP contribution in [0.25, 0.3) is 0 Å². The number of rotatable bonds is 5. The Morgan fingerprint density at radius 1 is 1.57 bits per heavy atom. The molecule has 0 saturated heterocycles. The zero-order valence-electron chi connectivity index (χ0n) is 9.09. The molecule has 0 rings (SSSR count). The van der Waals surface area contributed by atoms with Gasteiger partial charge >= 0.3 is 5.97 Å². The van der Waals surface area contributed by atoms with Crippen LogP contribution in [0.2, 0.25) is 0 Å². The quantitative estimate of drug-likeness (QED) is 0.589. The van der Waals surface area contributed by atoms with Crippen LogP contribution >= 0.6 is 23.5 Å². The first-order chi connectivity index (χ1) is 6.41. The molecule has 0 aromatic carbocycles. The molecular formula is C9H18ClNO2S. The monoisotopic (exact) mass is 239 g/mol. The van der Waals surface area contributed by atoms with Gasteiger partial charge in [0.1, 0.15) is 6.61 Å². The predicted octanol–water partition coefficient (Wildman–Crippen LogP) is 2.05. The van der Waals surface area contributed by atoms with Crippen molar-refractivity contribution in [2.24, 2.45) is 5.41 Å². The zero-order valence-corrected chi connectivity index (χ0v) is 10.7. The number of carbonyl (C=O) groups is 1. The highest BCUT2D eigenvalue weighted by molar-refractivity contribution is 7.98. The number of ether oxygens (including phenoxy) is 1. The van der Waals surface area contributed by atoms with Gasteiger partial charge in [-0.2, -0.15) is 11.8 Å². The molecule has 1 atom stereocenters. The van der Waals surface area contributed by atoms with E-state index in [1.165, 1.54) is 0 Å². The normalized spacial score (nSPS) is 13.8. The molecule has 0 fully saturated rings. The number of hydrogen-bond acceptors (Lipinski definition) is 4. The molecule has 1 N–H and O–H groups in total. The lowest BCUT2D eigenvalue weighted by atomic mass is 9.97. The molecule has 0 spiro atoms. The smallest absolute Gasteiger partial charge is 0.311 e. The van der Waals surface area contributed by atoms with Gasteiger partial charge in [-0.1, -0.05) is 0 Å². The summed E-state index contributed by atoms with van der Waals surface area (Å²) in [5, 5.41) is 0. The second-order valence-corrected chi connectivity index (χ2v) is 5.24. The molecule has 0 radical (unpaired) electrons. The van der Waals surface area contributed by atoms with E-state index in [1.807, 2.05) is 27.0 Å². The van der Waals surface area contributed by atoms with E-state index in [1.54, 1.807) is 11.8 Å². The van der Waals surface area contributed by atoms with Crippen molar-refractivity contribution in [3.05, 3.63) is 0 Å². The van der Waals surface area contributed by atoms with Crippen LogP contribution in [-0.2, 0) is 9.53 Å². The minimum Gasteiger partial charge on any atom is -0.464 e. The van der Waals surface area contributed by atoms with Gasteiger partial charge in [-0.15, -0.1) is 0 Å². The van der Waals surface area contributed by atoms with Crippen LogP contribution in [0.3, 0.4) is 0 Å². The molecule has 0 unspecified atom stereocenters. The molecule has 0 aromatic rings. The highest BCUT2D eigenvalue weighted by Gasteiger charge is 2.23. The van der Waals surface area contributed by atoms with Crippen molar-refractivity contribution in [3.8, 4) is 0 Å². The molecule has 0 aromatic heterocycles. The molecule has 0 amide bonds. The molecule has 14 heavy (non-hydrogen) atoms. The van der Waals surface area contributed by atoms with E-state index >= 15 is 0 Å². The van der Waals surface area contributed by atoms with Crippen LogP contribution in [0.5, 0.6) is 0 Å². The second-order valence-electron chi connectivity index (χ2n) is 4.11. The first kappa shape index (κ1) is 14.1. The fourth-order valence-electron chi connectivity index (χ4n) is 0.705. The van der Waals surface area contributed by atoms with Crippen molar-refractivity contribution < 1.29 is 9.53 Å². The molecule has 0 aliphatic carbocycles. The Morgan fingerprint density at radius 2 is 2.14 bits per heavy atom. The highest BCUT2D eigenvalue weighted by Crippen LogP contribution is 2.15.